The molecule has 2 rings (SSSR count). The van der Waals surface area contributed by atoms with Crippen molar-refractivity contribution in [3.8, 4) is 5.75 Å². The minimum absolute atomic E-state index is 0.122. The summed E-state index contributed by atoms with van der Waals surface area (Å²) in [5, 5.41) is 4.90. The van der Waals surface area contributed by atoms with Gasteiger partial charge in [-0.1, -0.05) is 0 Å². The number of aryl methyl sites for hydroxylation is 1. The third-order valence-electron chi connectivity index (χ3n) is 3.04. The highest BCUT2D eigenvalue weighted by atomic mass is 32.1. The molecule has 0 bridgehead atoms. The molecule has 0 aliphatic carbocycles. The highest BCUT2D eigenvalue weighted by Crippen LogP contribution is 2.18. The lowest BCUT2D eigenvalue weighted by molar-refractivity contribution is 0.221. The number of thiophene rings is 1. The summed E-state index contributed by atoms with van der Waals surface area (Å²) in [7, 11) is 3.41. The number of anilines is 1. The first kappa shape index (κ1) is 14.4. The third-order valence-corrected chi connectivity index (χ3v) is 4.04. The number of ether oxygens (including phenoxy) is 1. The van der Waals surface area contributed by atoms with Gasteiger partial charge in [0, 0.05) is 17.6 Å². The molecule has 0 aliphatic rings. The molecule has 4 nitrogen and oxygen atoms in total. The predicted octanol–water partition coefficient (Wildman–Crippen LogP) is 3.73. The summed E-state index contributed by atoms with van der Waals surface area (Å²) in [6.45, 7) is 2.67. The number of urea groups is 1. The number of nitrogens with one attached hydrogen (secondary N) is 1. The molecule has 1 aromatic heterocycles. The fraction of sp³-hybridized carbons (Fsp3) is 0.267. The van der Waals surface area contributed by atoms with Gasteiger partial charge in [0.15, 0.2) is 0 Å². The van der Waals surface area contributed by atoms with Crippen LogP contribution in [0.25, 0.3) is 0 Å². The van der Waals surface area contributed by atoms with Crippen molar-refractivity contribution in [1.29, 1.82) is 0 Å². The lowest BCUT2D eigenvalue weighted by atomic mass is 10.3. The van der Waals surface area contributed by atoms with Gasteiger partial charge in [-0.05, 0) is 48.2 Å². The Hall–Kier alpha value is -2.01. The first-order valence-corrected chi connectivity index (χ1v) is 7.17. The van der Waals surface area contributed by atoms with E-state index in [1.54, 1.807) is 30.4 Å². The molecule has 0 unspecified atom stereocenters. The standard InChI is InChI=1S/C15H18N2O2S/c1-11-8-9-20-14(11)10-17(2)15(18)16-12-4-6-13(19-3)7-5-12/h4-9H,10H2,1-3H3,(H,16,18). The van der Waals surface area contributed by atoms with Crippen LogP contribution in [-0.2, 0) is 6.54 Å². The van der Waals surface area contributed by atoms with Gasteiger partial charge in [0.05, 0.1) is 13.7 Å². The number of methoxy groups -OCH3 is 1. The van der Waals surface area contributed by atoms with Crippen LogP contribution in [0.2, 0.25) is 0 Å². The number of hydrogen-bond acceptors (Lipinski definition) is 3. The van der Waals surface area contributed by atoms with Crippen LogP contribution in [0, 0.1) is 6.92 Å². The van der Waals surface area contributed by atoms with E-state index in [9.17, 15) is 4.79 Å². The molecule has 0 saturated carbocycles. The van der Waals surface area contributed by atoms with Crippen LogP contribution in [-0.4, -0.2) is 25.1 Å². The Morgan fingerprint density at radius 2 is 2.00 bits per heavy atom. The smallest absolute Gasteiger partial charge is 0.321 e. The van der Waals surface area contributed by atoms with Crippen LogP contribution in [0.5, 0.6) is 5.75 Å². The molecule has 0 fully saturated rings. The Morgan fingerprint density at radius 3 is 2.55 bits per heavy atom. The van der Waals surface area contributed by atoms with Gasteiger partial charge < -0.3 is 15.0 Å². The maximum atomic E-state index is 12.1. The summed E-state index contributed by atoms with van der Waals surface area (Å²) in [6.07, 6.45) is 0. The van der Waals surface area contributed by atoms with Crippen LogP contribution in [0.1, 0.15) is 10.4 Å². The molecule has 2 amide bonds. The quantitative estimate of drug-likeness (QED) is 0.932. The molecule has 2 aromatic rings. The Bertz CT molecular complexity index is 578. The van der Waals surface area contributed by atoms with Crippen molar-refractivity contribution in [2.75, 3.05) is 19.5 Å². The van der Waals surface area contributed by atoms with Crippen molar-refractivity contribution in [3.63, 3.8) is 0 Å². The average Bonchev–Trinajstić information content (AvgIpc) is 2.85. The zero-order chi connectivity index (χ0) is 14.5. The van der Waals surface area contributed by atoms with Crippen molar-refractivity contribution >= 4 is 23.1 Å². The number of rotatable bonds is 4. The monoisotopic (exact) mass is 290 g/mol. The van der Waals surface area contributed by atoms with Crippen molar-refractivity contribution in [2.24, 2.45) is 0 Å². The first-order valence-electron chi connectivity index (χ1n) is 6.29. The van der Waals surface area contributed by atoms with Gasteiger partial charge in [-0.15, -0.1) is 11.3 Å². The molecule has 1 N–H and O–H groups in total. The number of hydrogen-bond donors (Lipinski definition) is 1. The van der Waals surface area contributed by atoms with Crippen LogP contribution >= 0.6 is 11.3 Å². The van der Waals surface area contributed by atoms with Crippen molar-refractivity contribution in [2.45, 2.75) is 13.5 Å². The van der Waals surface area contributed by atoms with Crippen molar-refractivity contribution < 1.29 is 9.53 Å². The molecular formula is C15H18N2O2S. The van der Waals surface area contributed by atoms with Crippen molar-refractivity contribution in [3.05, 3.63) is 46.2 Å². The Labute approximate surface area is 123 Å². The Kier molecular flexibility index (Phi) is 4.63. The van der Waals surface area contributed by atoms with Crippen molar-refractivity contribution in [1.82, 2.24) is 4.90 Å². The SMILES string of the molecule is COc1ccc(NC(=O)N(C)Cc2sccc2C)cc1. The van der Waals surface area contributed by atoms with Crippen LogP contribution in [0.4, 0.5) is 10.5 Å². The fourth-order valence-corrected chi connectivity index (χ4v) is 2.71. The van der Waals surface area contributed by atoms with Crippen LogP contribution in [0.15, 0.2) is 35.7 Å². The van der Waals surface area contributed by atoms with E-state index >= 15 is 0 Å². The van der Waals surface area contributed by atoms with Gasteiger partial charge in [-0.2, -0.15) is 0 Å². The lowest BCUT2D eigenvalue weighted by Crippen LogP contribution is -2.30. The zero-order valence-electron chi connectivity index (χ0n) is 11.8. The summed E-state index contributed by atoms with van der Waals surface area (Å²) in [6, 6.07) is 9.22. The van der Waals surface area contributed by atoms with Crippen LogP contribution in [0.3, 0.4) is 0 Å². The highest BCUT2D eigenvalue weighted by Gasteiger charge is 2.11. The van der Waals surface area contributed by atoms with E-state index in [0.29, 0.717) is 6.54 Å². The maximum absolute atomic E-state index is 12.1. The van der Waals surface area contributed by atoms with Gasteiger partial charge in [-0.25, -0.2) is 4.79 Å². The Morgan fingerprint density at radius 1 is 1.30 bits per heavy atom. The molecule has 0 spiro atoms. The molecule has 1 heterocycles. The van der Waals surface area contributed by atoms with E-state index in [0.717, 1.165) is 11.4 Å². The first-order chi connectivity index (χ1) is 9.60. The molecule has 1 aromatic carbocycles. The summed E-state index contributed by atoms with van der Waals surface area (Å²) >= 11 is 1.67. The molecule has 0 radical (unpaired) electrons. The number of nitrogens with zero attached hydrogens (tertiary/aromatic N) is 1. The van der Waals surface area contributed by atoms with Gasteiger partial charge in [0.25, 0.3) is 0 Å². The molecule has 0 aliphatic heterocycles. The fourth-order valence-electron chi connectivity index (χ4n) is 1.75. The summed E-state index contributed by atoms with van der Waals surface area (Å²) in [5.74, 6) is 0.769. The average molecular weight is 290 g/mol. The Balaban J connectivity index is 1.95. The molecule has 5 heteroatoms. The number of benzene rings is 1. The van der Waals surface area contributed by atoms with Crippen LogP contribution < -0.4 is 10.1 Å². The van der Waals surface area contributed by atoms with Gasteiger partial charge in [-0.3, -0.25) is 0 Å². The predicted molar refractivity (Wildman–Crippen MR) is 82.5 cm³/mol. The molecule has 106 valence electrons. The summed E-state index contributed by atoms with van der Waals surface area (Å²) in [4.78, 5) is 15.0. The van der Waals surface area contributed by atoms with E-state index < -0.39 is 0 Å². The number of carbonyl (C=O) groups excluding carboxylic acids is 1. The normalized spacial score (nSPS) is 10.2. The second-order valence-corrected chi connectivity index (χ2v) is 5.54. The lowest BCUT2D eigenvalue weighted by Gasteiger charge is -2.17. The minimum atomic E-state index is -0.122. The molecule has 20 heavy (non-hydrogen) atoms. The summed E-state index contributed by atoms with van der Waals surface area (Å²) < 4.78 is 5.08. The van der Waals surface area contributed by atoms with Gasteiger partial charge >= 0.3 is 6.03 Å². The minimum Gasteiger partial charge on any atom is -0.497 e. The highest BCUT2D eigenvalue weighted by molar-refractivity contribution is 7.10. The van der Waals surface area contributed by atoms with E-state index in [4.69, 9.17) is 4.74 Å². The number of carbonyl (C=O) groups is 1. The van der Waals surface area contributed by atoms with E-state index in [1.165, 1.54) is 10.4 Å². The zero-order valence-corrected chi connectivity index (χ0v) is 12.7. The molecular weight excluding hydrogens is 272 g/mol. The van der Waals surface area contributed by atoms with Gasteiger partial charge in [0.2, 0.25) is 0 Å². The topological polar surface area (TPSA) is 41.6 Å². The third kappa shape index (κ3) is 3.51. The maximum Gasteiger partial charge on any atom is 0.321 e. The second kappa shape index (κ2) is 6.43. The summed E-state index contributed by atoms with van der Waals surface area (Å²) in [5.41, 5.74) is 1.98. The molecule has 0 saturated heterocycles. The second-order valence-electron chi connectivity index (χ2n) is 4.54. The van der Waals surface area contributed by atoms with E-state index in [2.05, 4.69) is 18.3 Å². The molecule has 0 atom stereocenters. The largest absolute Gasteiger partial charge is 0.497 e. The van der Waals surface area contributed by atoms with E-state index in [1.807, 2.05) is 29.6 Å². The number of amides is 2. The van der Waals surface area contributed by atoms with Gasteiger partial charge in [0.1, 0.15) is 5.75 Å². The van der Waals surface area contributed by atoms with E-state index in [-0.39, 0.29) is 6.03 Å².